The highest BCUT2D eigenvalue weighted by molar-refractivity contribution is 5.74. The van der Waals surface area contributed by atoms with E-state index in [0.717, 1.165) is 16.9 Å². The van der Waals surface area contributed by atoms with E-state index in [1.54, 1.807) is 0 Å². The number of esters is 1. The fraction of sp³-hybridized carbons (Fsp3) is 0.381. The van der Waals surface area contributed by atoms with Gasteiger partial charge in [-0.15, -0.1) is 0 Å². The highest BCUT2D eigenvalue weighted by atomic mass is 16.6. The summed E-state index contributed by atoms with van der Waals surface area (Å²) in [6, 6.07) is 17.6. The summed E-state index contributed by atoms with van der Waals surface area (Å²) in [5.74, 6) is 0.408. The van der Waals surface area contributed by atoms with Crippen LogP contribution in [0, 0.1) is 0 Å². The smallest absolute Gasteiger partial charge is 0.335 e. The van der Waals surface area contributed by atoms with Gasteiger partial charge >= 0.3 is 5.97 Å². The van der Waals surface area contributed by atoms with Gasteiger partial charge in [-0.05, 0) is 30.2 Å². The monoisotopic (exact) mass is 358 g/mol. The Balaban J connectivity index is 1.72. The molecule has 0 fully saturated rings. The van der Waals surface area contributed by atoms with Gasteiger partial charge in [-0.3, -0.25) is 0 Å². The van der Waals surface area contributed by atoms with Gasteiger partial charge in [0.15, 0.2) is 6.10 Å². The normalized spacial score (nSPS) is 11.8. The SMILES string of the molecule is CCOC(Cc1ccc(OCCOCc2ccccc2)cc1)C(=O)OC. The van der Waals surface area contributed by atoms with Crippen molar-refractivity contribution in [3.05, 3.63) is 65.7 Å². The molecule has 140 valence electrons. The van der Waals surface area contributed by atoms with Crippen LogP contribution in [0.15, 0.2) is 54.6 Å². The van der Waals surface area contributed by atoms with E-state index in [-0.39, 0.29) is 5.97 Å². The Hall–Kier alpha value is -2.37. The summed E-state index contributed by atoms with van der Waals surface area (Å²) in [4.78, 5) is 11.7. The summed E-state index contributed by atoms with van der Waals surface area (Å²) in [6.07, 6.45) is -0.107. The van der Waals surface area contributed by atoms with Crippen molar-refractivity contribution in [2.45, 2.75) is 26.1 Å². The number of hydrogen-bond donors (Lipinski definition) is 0. The van der Waals surface area contributed by atoms with Crippen LogP contribution in [0.25, 0.3) is 0 Å². The number of carbonyl (C=O) groups is 1. The molecule has 0 amide bonds. The van der Waals surface area contributed by atoms with Crippen molar-refractivity contribution in [1.82, 2.24) is 0 Å². The maximum atomic E-state index is 11.7. The lowest BCUT2D eigenvalue weighted by atomic mass is 10.1. The van der Waals surface area contributed by atoms with Gasteiger partial charge in [0.2, 0.25) is 0 Å². The largest absolute Gasteiger partial charge is 0.491 e. The summed E-state index contributed by atoms with van der Waals surface area (Å²) in [6.45, 7) is 3.90. The Labute approximate surface area is 154 Å². The van der Waals surface area contributed by atoms with Gasteiger partial charge in [0.05, 0.1) is 20.3 Å². The zero-order valence-electron chi connectivity index (χ0n) is 15.4. The van der Waals surface area contributed by atoms with E-state index in [4.69, 9.17) is 18.9 Å². The van der Waals surface area contributed by atoms with Crippen LogP contribution in [0.2, 0.25) is 0 Å². The predicted octanol–water partition coefficient (Wildman–Crippen LogP) is 3.40. The molecule has 0 aliphatic rings. The Morgan fingerprint density at radius 2 is 1.69 bits per heavy atom. The van der Waals surface area contributed by atoms with E-state index in [1.165, 1.54) is 7.11 Å². The molecule has 0 aliphatic heterocycles. The number of hydrogen-bond acceptors (Lipinski definition) is 5. The Kier molecular flexibility index (Phi) is 8.66. The molecule has 0 N–H and O–H groups in total. The second-order valence-corrected chi connectivity index (χ2v) is 5.70. The first-order valence-corrected chi connectivity index (χ1v) is 8.75. The second-order valence-electron chi connectivity index (χ2n) is 5.70. The van der Waals surface area contributed by atoms with Crippen molar-refractivity contribution in [2.75, 3.05) is 26.9 Å². The van der Waals surface area contributed by atoms with E-state index in [0.29, 0.717) is 32.8 Å². The lowest BCUT2D eigenvalue weighted by Gasteiger charge is -2.15. The van der Waals surface area contributed by atoms with Crippen molar-refractivity contribution < 1.29 is 23.7 Å². The lowest BCUT2D eigenvalue weighted by Crippen LogP contribution is -2.28. The maximum Gasteiger partial charge on any atom is 0.335 e. The van der Waals surface area contributed by atoms with E-state index in [2.05, 4.69) is 0 Å². The third-order valence-electron chi connectivity index (χ3n) is 3.78. The van der Waals surface area contributed by atoms with Gasteiger partial charge in [-0.2, -0.15) is 0 Å². The van der Waals surface area contributed by atoms with Crippen LogP contribution in [0.5, 0.6) is 5.75 Å². The highest BCUT2D eigenvalue weighted by Crippen LogP contribution is 2.15. The van der Waals surface area contributed by atoms with Crippen LogP contribution in [-0.2, 0) is 32.0 Å². The fourth-order valence-corrected chi connectivity index (χ4v) is 2.46. The van der Waals surface area contributed by atoms with Crippen molar-refractivity contribution >= 4 is 5.97 Å². The molecule has 5 heteroatoms. The minimum Gasteiger partial charge on any atom is -0.491 e. The van der Waals surface area contributed by atoms with Crippen LogP contribution >= 0.6 is 0 Å². The quantitative estimate of drug-likeness (QED) is 0.455. The second kappa shape index (κ2) is 11.3. The molecule has 2 aromatic carbocycles. The van der Waals surface area contributed by atoms with E-state index in [1.807, 2.05) is 61.5 Å². The molecule has 0 aliphatic carbocycles. The van der Waals surface area contributed by atoms with Crippen molar-refractivity contribution in [3.8, 4) is 5.75 Å². The number of benzene rings is 2. The summed E-state index contributed by atoms with van der Waals surface area (Å²) in [7, 11) is 1.37. The molecule has 0 bridgehead atoms. The predicted molar refractivity (Wildman–Crippen MR) is 99.2 cm³/mol. The topological polar surface area (TPSA) is 54.0 Å². The lowest BCUT2D eigenvalue weighted by molar-refractivity contribution is -0.153. The summed E-state index contributed by atoms with van der Waals surface area (Å²) in [5.41, 5.74) is 2.13. The van der Waals surface area contributed by atoms with Crippen molar-refractivity contribution in [2.24, 2.45) is 0 Å². The Morgan fingerprint density at radius 3 is 2.35 bits per heavy atom. The fourth-order valence-electron chi connectivity index (χ4n) is 2.46. The molecule has 0 spiro atoms. The molecule has 1 unspecified atom stereocenters. The van der Waals surface area contributed by atoms with Gasteiger partial charge in [0.25, 0.3) is 0 Å². The number of rotatable bonds is 11. The van der Waals surface area contributed by atoms with Gasteiger partial charge in [-0.25, -0.2) is 4.79 Å². The summed E-state index contributed by atoms with van der Waals surface area (Å²) in [5, 5.41) is 0. The average molecular weight is 358 g/mol. The zero-order chi connectivity index (χ0) is 18.6. The molecule has 1 atom stereocenters. The molecule has 0 saturated carbocycles. The third-order valence-corrected chi connectivity index (χ3v) is 3.78. The molecular weight excluding hydrogens is 332 g/mol. The van der Waals surface area contributed by atoms with Crippen LogP contribution in [-0.4, -0.2) is 39.0 Å². The van der Waals surface area contributed by atoms with Gasteiger partial charge in [0.1, 0.15) is 12.4 Å². The molecule has 26 heavy (non-hydrogen) atoms. The number of methoxy groups -OCH3 is 1. The first-order chi connectivity index (χ1) is 12.7. The summed E-state index contributed by atoms with van der Waals surface area (Å²) < 4.78 is 21.5. The van der Waals surface area contributed by atoms with E-state index < -0.39 is 6.10 Å². The Morgan fingerprint density at radius 1 is 0.962 bits per heavy atom. The summed E-state index contributed by atoms with van der Waals surface area (Å²) >= 11 is 0. The standard InChI is InChI=1S/C21H26O5/c1-3-25-20(21(22)23-2)15-17-9-11-19(12-10-17)26-14-13-24-16-18-7-5-4-6-8-18/h4-12,20H,3,13-16H2,1-2H3. The molecule has 0 heterocycles. The minimum absolute atomic E-state index is 0.359. The van der Waals surface area contributed by atoms with Crippen molar-refractivity contribution in [1.29, 1.82) is 0 Å². The van der Waals surface area contributed by atoms with Crippen LogP contribution in [0.4, 0.5) is 0 Å². The van der Waals surface area contributed by atoms with Gasteiger partial charge < -0.3 is 18.9 Å². The number of ether oxygens (including phenoxy) is 4. The van der Waals surface area contributed by atoms with Crippen LogP contribution in [0.3, 0.4) is 0 Å². The molecule has 2 rings (SSSR count). The maximum absolute atomic E-state index is 11.7. The Bertz CT molecular complexity index is 639. The van der Waals surface area contributed by atoms with Crippen LogP contribution < -0.4 is 4.74 Å². The molecule has 0 aromatic heterocycles. The van der Waals surface area contributed by atoms with Gasteiger partial charge in [0, 0.05) is 13.0 Å². The first kappa shape index (κ1) is 19.9. The zero-order valence-corrected chi connectivity index (χ0v) is 15.4. The van der Waals surface area contributed by atoms with Crippen LogP contribution in [0.1, 0.15) is 18.1 Å². The van der Waals surface area contributed by atoms with E-state index in [9.17, 15) is 4.79 Å². The van der Waals surface area contributed by atoms with Crippen molar-refractivity contribution in [3.63, 3.8) is 0 Å². The average Bonchev–Trinajstić information content (AvgIpc) is 2.69. The number of carbonyl (C=O) groups excluding carboxylic acids is 1. The van der Waals surface area contributed by atoms with E-state index >= 15 is 0 Å². The minimum atomic E-state index is -0.580. The highest BCUT2D eigenvalue weighted by Gasteiger charge is 2.19. The molecule has 0 radical (unpaired) electrons. The molecule has 5 nitrogen and oxygen atoms in total. The molecule has 2 aromatic rings. The first-order valence-electron chi connectivity index (χ1n) is 8.75. The van der Waals surface area contributed by atoms with Gasteiger partial charge in [-0.1, -0.05) is 42.5 Å². The third kappa shape index (κ3) is 6.86. The molecular formula is C21H26O5. The molecule has 0 saturated heterocycles.